The molecule has 0 aliphatic rings. The summed E-state index contributed by atoms with van der Waals surface area (Å²) in [5.74, 6) is 0.0288. The van der Waals surface area contributed by atoms with Gasteiger partial charge in [-0.1, -0.05) is 36.4 Å². The summed E-state index contributed by atoms with van der Waals surface area (Å²) in [5.41, 5.74) is 2.25. The van der Waals surface area contributed by atoms with Crippen molar-refractivity contribution in [3.63, 3.8) is 0 Å². The Kier molecular flexibility index (Phi) is 6.33. The molecular formula is C22H20ClF3N2O. The largest absolute Gasteiger partial charge is 0.416 e. The first-order valence-electron chi connectivity index (χ1n) is 9.11. The van der Waals surface area contributed by atoms with Gasteiger partial charge in [-0.3, -0.25) is 4.79 Å². The molecule has 1 amide bonds. The molecule has 0 atom stereocenters. The van der Waals surface area contributed by atoms with Crippen LogP contribution in [-0.4, -0.2) is 16.4 Å². The lowest BCUT2D eigenvalue weighted by Crippen LogP contribution is -2.14. The second-order valence-corrected chi connectivity index (χ2v) is 7.00. The molecule has 152 valence electrons. The minimum atomic E-state index is -4.47. The number of benzene rings is 2. The van der Waals surface area contributed by atoms with Crippen molar-refractivity contribution in [2.45, 2.75) is 26.1 Å². The molecular weight excluding hydrogens is 401 g/mol. The predicted octanol–water partition coefficient (Wildman–Crippen LogP) is 6.36. The van der Waals surface area contributed by atoms with Crippen LogP contribution in [0.4, 0.5) is 18.9 Å². The molecule has 0 aliphatic heterocycles. The summed E-state index contributed by atoms with van der Waals surface area (Å²) < 4.78 is 40.8. The number of carbonyl (C=O) groups is 1. The molecule has 29 heavy (non-hydrogen) atoms. The summed E-state index contributed by atoms with van der Waals surface area (Å²) in [6, 6.07) is 16.0. The first kappa shape index (κ1) is 21.0. The van der Waals surface area contributed by atoms with Crippen LogP contribution in [0.25, 0.3) is 11.3 Å². The van der Waals surface area contributed by atoms with E-state index in [9.17, 15) is 18.0 Å². The Morgan fingerprint density at radius 1 is 1.07 bits per heavy atom. The molecule has 0 saturated heterocycles. The molecule has 1 heterocycles. The van der Waals surface area contributed by atoms with Crippen LogP contribution in [0.5, 0.6) is 0 Å². The van der Waals surface area contributed by atoms with Gasteiger partial charge in [-0.15, -0.1) is 11.6 Å². The number of hydrogen-bond donors (Lipinski definition) is 1. The van der Waals surface area contributed by atoms with Gasteiger partial charge in [0.15, 0.2) is 0 Å². The smallest absolute Gasteiger partial charge is 0.344 e. The fourth-order valence-corrected chi connectivity index (χ4v) is 3.32. The summed E-state index contributed by atoms with van der Waals surface area (Å²) >= 11 is 5.85. The summed E-state index contributed by atoms with van der Waals surface area (Å²) in [5, 5.41) is 2.58. The van der Waals surface area contributed by atoms with Crippen molar-refractivity contribution < 1.29 is 18.0 Å². The Labute approximate surface area is 172 Å². The Balaban J connectivity index is 1.94. The number of hydrogen-bond acceptors (Lipinski definition) is 1. The maximum absolute atomic E-state index is 12.9. The molecule has 0 unspecified atom stereocenters. The molecule has 1 N–H and O–H groups in total. The number of anilines is 1. The summed E-state index contributed by atoms with van der Waals surface area (Å²) in [6.45, 7) is 2.46. The van der Waals surface area contributed by atoms with Gasteiger partial charge < -0.3 is 9.88 Å². The Hall–Kier alpha value is -2.73. The lowest BCUT2D eigenvalue weighted by atomic mass is 10.1. The highest BCUT2D eigenvalue weighted by atomic mass is 35.5. The molecule has 0 aliphatic carbocycles. The number of carbonyl (C=O) groups excluding carboxylic acids is 1. The lowest BCUT2D eigenvalue weighted by Gasteiger charge is -2.12. The molecule has 0 saturated carbocycles. The zero-order valence-electron chi connectivity index (χ0n) is 15.8. The zero-order chi connectivity index (χ0) is 21.0. The Morgan fingerprint density at radius 3 is 2.45 bits per heavy atom. The highest BCUT2D eigenvalue weighted by molar-refractivity contribution is 6.17. The molecule has 0 fully saturated rings. The maximum atomic E-state index is 12.9. The van der Waals surface area contributed by atoms with Crippen molar-refractivity contribution in [3.05, 3.63) is 77.5 Å². The molecule has 0 radical (unpaired) electrons. The number of alkyl halides is 4. The van der Waals surface area contributed by atoms with E-state index in [-0.39, 0.29) is 5.69 Å². The number of rotatable bonds is 6. The van der Waals surface area contributed by atoms with Gasteiger partial charge in [-0.25, -0.2) is 0 Å². The van der Waals surface area contributed by atoms with Gasteiger partial charge in [0.2, 0.25) is 0 Å². The highest BCUT2D eigenvalue weighted by Gasteiger charge is 2.30. The van der Waals surface area contributed by atoms with E-state index in [0.717, 1.165) is 35.5 Å². The molecule has 3 nitrogen and oxygen atoms in total. The van der Waals surface area contributed by atoms with E-state index >= 15 is 0 Å². The van der Waals surface area contributed by atoms with E-state index in [4.69, 9.17) is 11.6 Å². The van der Waals surface area contributed by atoms with Gasteiger partial charge in [0.25, 0.3) is 5.91 Å². The van der Waals surface area contributed by atoms with Crippen LogP contribution in [0.15, 0.2) is 60.7 Å². The van der Waals surface area contributed by atoms with Gasteiger partial charge in [0, 0.05) is 29.5 Å². The standard InChI is InChI=1S/C22H20ClF3N2O/c1-15-19(21(29)27-18-10-5-9-17(13-18)22(24,25)26)14-20(28(15)12-6-11-23)16-7-3-2-4-8-16/h2-5,7-10,13-14H,6,11-12H2,1H3,(H,27,29). The summed E-state index contributed by atoms with van der Waals surface area (Å²) in [4.78, 5) is 12.8. The highest BCUT2D eigenvalue weighted by Crippen LogP contribution is 2.31. The number of amides is 1. The maximum Gasteiger partial charge on any atom is 0.416 e. The fourth-order valence-electron chi connectivity index (χ4n) is 3.20. The molecule has 0 bridgehead atoms. The first-order chi connectivity index (χ1) is 13.8. The minimum Gasteiger partial charge on any atom is -0.344 e. The van der Waals surface area contributed by atoms with Crippen LogP contribution >= 0.6 is 11.6 Å². The normalized spacial score (nSPS) is 11.5. The van der Waals surface area contributed by atoms with E-state index in [0.29, 0.717) is 18.0 Å². The van der Waals surface area contributed by atoms with E-state index in [1.807, 2.05) is 41.8 Å². The number of nitrogens with zero attached hydrogens (tertiary/aromatic N) is 1. The average molecular weight is 421 g/mol. The van der Waals surface area contributed by atoms with Crippen LogP contribution in [0, 0.1) is 6.92 Å². The molecule has 3 aromatic rings. The monoisotopic (exact) mass is 420 g/mol. The number of aromatic nitrogens is 1. The minimum absolute atomic E-state index is 0.0963. The fraction of sp³-hybridized carbons (Fsp3) is 0.227. The van der Waals surface area contributed by atoms with Crippen LogP contribution in [0.2, 0.25) is 0 Å². The summed E-state index contributed by atoms with van der Waals surface area (Å²) in [6.07, 6.45) is -3.74. The SMILES string of the molecule is Cc1c(C(=O)Nc2cccc(C(F)(F)F)c2)cc(-c2ccccc2)n1CCCCl. The third-order valence-electron chi connectivity index (χ3n) is 4.64. The van der Waals surface area contributed by atoms with Crippen molar-refractivity contribution >= 4 is 23.2 Å². The van der Waals surface area contributed by atoms with Crippen LogP contribution < -0.4 is 5.32 Å². The van der Waals surface area contributed by atoms with Crippen LogP contribution in [0.1, 0.15) is 28.0 Å². The molecule has 3 rings (SSSR count). The van der Waals surface area contributed by atoms with E-state index in [1.165, 1.54) is 12.1 Å². The van der Waals surface area contributed by atoms with E-state index in [2.05, 4.69) is 5.32 Å². The van der Waals surface area contributed by atoms with Gasteiger partial charge in [-0.05, 0) is 43.2 Å². The van der Waals surface area contributed by atoms with Crippen molar-refractivity contribution in [2.24, 2.45) is 0 Å². The van der Waals surface area contributed by atoms with Crippen molar-refractivity contribution in [3.8, 4) is 11.3 Å². The Morgan fingerprint density at radius 2 is 1.79 bits per heavy atom. The van der Waals surface area contributed by atoms with Crippen LogP contribution in [-0.2, 0) is 12.7 Å². The third-order valence-corrected chi connectivity index (χ3v) is 4.91. The molecule has 1 aromatic heterocycles. The van der Waals surface area contributed by atoms with E-state index in [1.54, 1.807) is 6.07 Å². The summed E-state index contributed by atoms with van der Waals surface area (Å²) in [7, 11) is 0. The zero-order valence-corrected chi connectivity index (χ0v) is 16.5. The van der Waals surface area contributed by atoms with E-state index < -0.39 is 17.6 Å². The van der Waals surface area contributed by atoms with Gasteiger partial charge in [0.1, 0.15) is 0 Å². The van der Waals surface area contributed by atoms with Crippen LogP contribution in [0.3, 0.4) is 0 Å². The lowest BCUT2D eigenvalue weighted by molar-refractivity contribution is -0.137. The molecule has 0 spiro atoms. The molecule has 2 aromatic carbocycles. The second-order valence-electron chi connectivity index (χ2n) is 6.62. The predicted molar refractivity (Wildman–Crippen MR) is 109 cm³/mol. The topological polar surface area (TPSA) is 34.0 Å². The number of halogens is 4. The van der Waals surface area contributed by atoms with Crippen molar-refractivity contribution in [1.82, 2.24) is 4.57 Å². The van der Waals surface area contributed by atoms with Crippen molar-refractivity contribution in [2.75, 3.05) is 11.2 Å². The quantitative estimate of drug-likeness (QED) is 0.462. The number of nitrogens with one attached hydrogen (secondary N) is 1. The van der Waals surface area contributed by atoms with Gasteiger partial charge in [-0.2, -0.15) is 13.2 Å². The van der Waals surface area contributed by atoms with Gasteiger partial charge >= 0.3 is 6.18 Å². The Bertz CT molecular complexity index is 997. The third kappa shape index (κ3) is 4.82. The second kappa shape index (κ2) is 8.74. The molecule has 7 heteroatoms. The average Bonchev–Trinajstić information content (AvgIpc) is 3.03. The van der Waals surface area contributed by atoms with Gasteiger partial charge in [0.05, 0.1) is 11.1 Å². The first-order valence-corrected chi connectivity index (χ1v) is 9.65. The van der Waals surface area contributed by atoms with Crippen molar-refractivity contribution in [1.29, 1.82) is 0 Å².